The van der Waals surface area contributed by atoms with E-state index in [4.69, 9.17) is 4.74 Å². The zero-order chi connectivity index (χ0) is 13.9. The first kappa shape index (κ1) is 14.1. The smallest absolute Gasteiger partial charge is 0.175 e. The molecule has 19 heavy (non-hydrogen) atoms. The van der Waals surface area contributed by atoms with E-state index in [1.165, 1.54) is 6.26 Å². The van der Waals surface area contributed by atoms with Crippen molar-refractivity contribution in [2.45, 2.75) is 10.2 Å². The van der Waals surface area contributed by atoms with Gasteiger partial charge in [0, 0.05) is 17.1 Å². The van der Waals surface area contributed by atoms with Crippen molar-refractivity contribution in [2.75, 3.05) is 6.26 Å². The molecular weight excluding hydrogens is 328 g/mol. The highest BCUT2D eigenvalue weighted by Gasteiger charge is 2.07. The van der Waals surface area contributed by atoms with Crippen molar-refractivity contribution in [3.8, 4) is 11.5 Å². The summed E-state index contributed by atoms with van der Waals surface area (Å²) < 4.78 is 28.5. The molecule has 0 aliphatic heterocycles. The van der Waals surface area contributed by atoms with E-state index in [-0.39, 0.29) is 4.90 Å². The van der Waals surface area contributed by atoms with Gasteiger partial charge >= 0.3 is 0 Å². The third-order valence-electron chi connectivity index (χ3n) is 2.60. The van der Waals surface area contributed by atoms with Crippen LogP contribution < -0.4 is 4.74 Å². The van der Waals surface area contributed by atoms with Crippen LogP contribution in [0, 0.1) is 0 Å². The van der Waals surface area contributed by atoms with Gasteiger partial charge < -0.3 is 4.74 Å². The fraction of sp³-hybridized carbons (Fsp3) is 0.143. The number of ether oxygens (including phenoxy) is 1. The SMILES string of the molecule is CS(=O)(=O)c1ccc(Oc2ccccc2CBr)cc1. The van der Waals surface area contributed by atoms with Gasteiger partial charge in [0.1, 0.15) is 11.5 Å². The Balaban J connectivity index is 2.25. The minimum atomic E-state index is -3.17. The Kier molecular flexibility index (Phi) is 4.27. The van der Waals surface area contributed by atoms with E-state index < -0.39 is 9.84 Å². The van der Waals surface area contributed by atoms with Crippen molar-refractivity contribution in [1.29, 1.82) is 0 Å². The molecule has 0 saturated heterocycles. The van der Waals surface area contributed by atoms with Crippen LogP contribution in [0.15, 0.2) is 53.4 Å². The Morgan fingerprint density at radius 3 is 2.26 bits per heavy atom. The number of hydrogen-bond donors (Lipinski definition) is 0. The summed E-state index contributed by atoms with van der Waals surface area (Å²) in [4.78, 5) is 0.286. The van der Waals surface area contributed by atoms with Gasteiger partial charge in [-0.3, -0.25) is 0 Å². The molecule has 0 aromatic heterocycles. The second-order valence-electron chi connectivity index (χ2n) is 4.09. The largest absolute Gasteiger partial charge is 0.457 e. The molecule has 0 radical (unpaired) electrons. The topological polar surface area (TPSA) is 43.4 Å². The summed E-state index contributed by atoms with van der Waals surface area (Å²) in [5.74, 6) is 1.37. The van der Waals surface area contributed by atoms with Crippen molar-refractivity contribution in [3.63, 3.8) is 0 Å². The van der Waals surface area contributed by atoms with Gasteiger partial charge in [0.15, 0.2) is 9.84 Å². The Labute approximate surface area is 121 Å². The molecule has 0 aliphatic rings. The summed E-state index contributed by atoms with van der Waals surface area (Å²) in [7, 11) is -3.17. The predicted octanol–water partition coefficient (Wildman–Crippen LogP) is 3.78. The molecule has 3 nitrogen and oxygen atoms in total. The Morgan fingerprint density at radius 1 is 1.05 bits per heavy atom. The predicted molar refractivity (Wildman–Crippen MR) is 78.7 cm³/mol. The molecule has 0 N–H and O–H groups in total. The average Bonchev–Trinajstić information content (AvgIpc) is 2.39. The lowest BCUT2D eigenvalue weighted by Crippen LogP contribution is -1.96. The van der Waals surface area contributed by atoms with Gasteiger partial charge in [-0.15, -0.1) is 0 Å². The zero-order valence-corrected chi connectivity index (χ0v) is 12.7. The number of para-hydroxylation sites is 1. The van der Waals surface area contributed by atoms with Crippen molar-refractivity contribution in [1.82, 2.24) is 0 Å². The van der Waals surface area contributed by atoms with Crippen LogP contribution in [0.1, 0.15) is 5.56 Å². The van der Waals surface area contributed by atoms with Gasteiger partial charge in [-0.2, -0.15) is 0 Å². The lowest BCUT2D eigenvalue weighted by atomic mass is 10.2. The first-order chi connectivity index (χ1) is 9.00. The van der Waals surface area contributed by atoms with Gasteiger partial charge in [-0.05, 0) is 30.3 Å². The van der Waals surface area contributed by atoms with Gasteiger partial charge in [0.2, 0.25) is 0 Å². The second-order valence-corrected chi connectivity index (χ2v) is 6.66. The van der Waals surface area contributed by atoms with E-state index in [1.807, 2.05) is 24.3 Å². The molecule has 0 heterocycles. The van der Waals surface area contributed by atoms with Crippen LogP contribution in [-0.4, -0.2) is 14.7 Å². The van der Waals surface area contributed by atoms with Crippen molar-refractivity contribution in [3.05, 3.63) is 54.1 Å². The standard InChI is InChI=1S/C14H13BrO3S/c1-19(16,17)13-8-6-12(7-9-13)18-14-5-3-2-4-11(14)10-15/h2-9H,10H2,1H3. The summed E-state index contributed by atoms with van der Waals surface area (Å²) in [5.41, 5.74) is 1.04. The number of rotatable bonds is 4. The van der Waals surface area contributed by atoms with E-state index in [9.17, 15) is 8.42 Å². The maximum absolute atomic E-state index is 11.4. The van der Waals surface area contributed by atoms with Crippen LogP contribution in [0.25, 0.3) is 0 Å². The van der Waals surface area contributed by atoms with E-state index in [1.54, 1.807) is 24.3 Å². The Bertz CT molecular complexity index is 663. The van der Waals surface area contributed by atoms with Crippen LogP contribution in [-0.2, 0) is 15.2 Å². The van der Waals surface area contributed by atoms with Crippen molar-refractivity contribution in [2.24, 2.45) is 0 Å². The van der Waals surface area contributed by atoms with Crippen molar-refractivity contribution >= 4 is 25.8 Å². The maximum Gasteiger partial charge on any atom is 0.175 e. The fourth-order valence-electron chi connectivity index (χ4n) is 1.60. The molecule has 2 aromatic carbocycles. The summed E-state index contributed by atoms with van der Waals surface area (Å²) in [6, 6.07) is 14.1. The highest BCUT2D eigenvalue weighted by atomic mass is 79.9. The minimum absolute atomic E-state index is 0.286. The fourth-order valence-corrected chi connectivity index (χ4v) is 2.69. The molecule has 0 aliphatic carbocycles. The second kappa shape index (κ2) is 5.75. The lowest BCUT2D eigenvalue weighted by Gasteiger charge is -2.09. The van der Waals surface area contributed by atoms with Crippen LogP contribution in [0.5, 0.6) is 11.5 Å². The molecule has 0 spiro atoms. The lowest BCUT2D eigenvalue weighted by molar-refractivity contribution is 0.478. The number of hydrogen-bond acceptors (Lipinski definition) is 3. The first-order valence-corrected chi connectivity index (χ1v) is 8.64. The van der Waals surface area contributed by atoms with Gasteiger partial charge in [-0.25, -0.2) is 8.42 Å². The summed E-state index contributed by atoms with van der Waals surface area (Å²) in [6.45, 7) is 0. The summed E-state index contributed by atoms with van der Waals surface area (Å²) in [6.07, 6.45) is 1.18. The molecule has 0 atom stereocenters. The van der Waals surface area contributed by atoms with E-state index in [0.29, 0.717) is 11.1 Å². The normalized spacial score (nSPS) is 11.3. The number of benzene rings is 2. The molecule has 0 unspecified atom stereocenters. The third-order valence-corrected chi connectivity index (χ3v) is 4.33. The quantitative estimate of drug-likeness (QED) is 0.795. The minimum Gasteiger partial charge on any atom is -0.457 e. The number of alkyl halides is 1. The van der Waals surface area contributed by atoms with Gasteiger partial charge in [0.05, 0.1) is 4.90 Å². The monoisotopic (exact) mass is 340 g/mol. The first-order valence-electron chi connectivity index (χ1n) is 5.62. The zero-order valence-electron chi connectivity index (χ0n) is 10.3. The maximum atomic E-state index is 11.4. The van der Waals surface area contributed by atoms with Crippen LogP contribution in [0.2, 0.25) is 0 Å². The number of halogens is 1. The summed E-state index contributed by atoms with van der Waals surface area (Å²) in [5, 5.41) is 0.699. The molecule has 0 fully saturated rings. The molecule has 0 bridgehead atoms. The van der Waals surface area contributed by atoms with Gasteiger partial charge in [0.25, 0.3) is 0 Å². The molecular formula is C14H13BrO3S. The molecule has 0 saturated carbocycles. The molecule has 2 rings (SSSR count). The van der Waals surface area contributed by atoms with E-state index in [0.717, 1.165) is 11.3 Å². The Hall–Kier alpha value is -1.33. The highest BCUT2D eigenvalue weighted by Crippen LogP contribution is 2.27. The molecule has 2 aromatic rings. The van der Waals surface area contributed by atoms with Crippen LogP contribution >= 0.6 is 15.9 Å². The molecule has 0 amide bonds. The highest BCUT2D eigenvalue weighted by molar-refractivity contribution is 9.08. The van der Waals surface area contributed by atoms with Crippen molar-refractivity contribution < 1.29 is 13.2 Å². The van der Waals surface area contributed by atoms with Crippen LogP contribution in [0.4, 0.5) is 0 Å². The average molecular weight is 341 g/mol. The third kappa shape index (κ3) is 3.58. The van der Waals surface area contributed by atoms with Gasteiger partial charge in [-0.1, -0.05) is 34.1 Å². The number of sulfone groups is 1. The molecule has 100 valence electrons. The molecule has 5 heteroatoms. The Morgan fingerprint density at radius 2 is 1.68 bits per heavy atom. The van der Waals surface area contributed by atoms with Crippen LogP contribution in [0.3, 0.4) is 0 Å². The summed E-state index contributed by atoms with van der Waals surface area (Å²) >= 11 is 3.40. The van der Waals surface area contributed by atoms with E-state index in [2.05, 4.69) is 15.9 Å². The van der Waals surface area contributed by atoms with E-state index >= 15 is 0 Å².